The Morgan fingerprint density at radius 1 is 1.60 bits per heavy atom. The quantitative estimate of drug-likeness (QED) is 0.651. The second kappa shape index (κ2) is 6.12. The van der Waals surface area contributed by atoms with Crippen LogP contribution >= 0.6 is 0 Å². The minimum atomic E-state index is -0.646. The van der Waals surface area contributed by atoms with Crippen LogP contribution < -0.4 is 11.2 Å². The highest BCUT2D eigenvalue weighted by molar-refractivity contribution is 5.50. The fourth-order valence-electron chi connectivity index (χ4n) is 2.17. The van der Waals surface area contributed by atoms with E-state index in [1.165, 1.54) is 10.8 Å². The van der Waals surface area contributed by atoms with E-state index in [0.29, 0.717) is 18.3 Å². The standard InChI is InChI=1S/C12H16N2O6/c1-7-5-14(12(18)13-11(7)17)10-4-8(19-3-2-15)9(6-16)20-10/h2,5,8-10,16H,3-4,6H2,1H3,(H,13,17,18)/t8?,9-,10-/m1/s1. The van der Waals surface area contributed by atoms with Gasteiger partial charge in [0, 0.05) is 18.2 Å². The SMILES string of the molecule is Cc1cn([C@H]2CC(OCC=O)[C@@H](CO)O2)c(=O)[nH]c1=O. The molecule has 2 rings (SSSR count). The summed E-state index contributed by atoms with van der Waals surface area (Å²) in [6.45, 7) is 1.20. The average molecular weight is 284 g/mol. The number of aliphatic hydroxyl groups is 1. The van der Waals surface area contributed by atoms with Gasteiger partial charge in [-0.2, -0.15) is 0 Å². The number of hydrogen-bond donors (Lipinski definition) is 2. The molecule has 2 heterocycles. The molecule has 0 saturated carbocycles. The molecule has 0 aliphatic carbocycles. The molecule has 110 valence electrons. The van der Waals surface area contributed by atoms with Crippen molar-refractivity contribution in [3.05, 3.63) is 32.6 Å². The summed E-state index contributed by atoms with van der Waals surface area (Å²) >= 11 is 0. The summed E-state index contributed by atoms with van der Waals surface area (Å²) in [7, 11) is 0. The zero-order valence-electron chi connectivity index (χ0n) is 10.9. The Hall–Kier alpha value is -1.77. The lowest BCUT2D eigenvalue weighted by Gasteiger charge is -2.15. The smallest absolute Gasteiger partial charge is 0.330 e. The van der Waals surface area contributed by atoms with Crippen molar-refractivity contribution in [2.24, 2.45) is 0 Å². The van der Waals surface area contributed by atoms with Crippen LogP contribution in [0.25, 0.3) is 0 Å². The molecule has 3 atom stereocenters. The van der Waals surface area contributed by atoms with E-state index in [0.717, 1.165) is 0 Å². The number of carbonyl (C=O) groups excluding carboxylic acids is 1. The molecule has 1 aromatic heterocycles. The van der Waals surface area contributed by atoms with Crippen molar-refractivity contribution in [1.29, 1.82) is 0 Å². The van der Waals surface area contributed by atoms with Gasteiger partial charge in [-0.05, 0) is 6.92 Å². The summed E-state index contributed by atoms with van der Waals surface area (Å²) in [5.41, 5.74) is -0.652. The van der Waals surface area contributed by atoms with Crippen LogP contribution in [0.3, 0.4) is 0 Å². The van der Waals surface area contributed by atoms with E-state index in [9.17, 15) is 19.5 Å². The number of H-pyrrole nitrogens is 1. The second-order valence-corrected chi connectivity index (χ2v) is 4.56. The third-order valence-electron chi connectivity index (χ3n) is 3.19. The van der Waals surface area contributed by atoms with Crippen molar-refractivity contribution in [2.75, 3.05) is 13.2 Å². The monoisotopic (exact) mass is 284 g/mol. The maximum absolute atomic E-state index is 11.8. The number of nitrogens with one attached hydrogen (secondary N) is 1. The normalized spacial score (nSPS) is 25.8. The van der Waals surface area contributed by atoms with Crippen LogP contribution in [0.1, 0.15) is 18.2 Å². The van der Waals surface area contributed by atoms with Crippen molar-refractivity contribution < 1.29 is 19.4 Å². The summed E-state index contributed by atoms with van der Waals surface area (Å²) in [5, 5.41) is 9.23. The van der Waals surface area contributed by atoms with Gasteiger partial charge in [-0.1, -0.05) is 0 Å². The molecule has 0 radical (unpaired) electrons. The lowest BCUT2D eigenvalue weighted by molar-refractivity contribution is -0.116. The predicted octanol–water partition coefficient (Wildman–Crippen LogP) is -1.29. The van der Waals surface area contributed by atoms with Gasteiger partial charge < -0.3 is 19.4 Å². The number of aliphatic hydroxyl groups excluding tert-OH is 1. The Morgan fingerprint density at radius 3 is 3.00 bits per heavy atom. The van der Waals surface area contributed by atoms with E-state index >= 15 is 0 Å². The van der Waals surface area contributed by atoms with Crippen molar-refractivity contribution in [2.45, 2.75) is 31.8 Å². The molecule has 0 aromatic carbocycles. The molecule has 1 aromatic rings. The van der Waals surface area contributed by atoms with Gasteiger partial charge in [0.2, 0.25) is 0 Å². The molecule has 1 aliphatic rings. The summed E-state index contributed by atoms with van der Waals surface area (Å²) in [6, 6.07) is 0. The van der Waals surface area contributed by atoms with E-state index in [1.54, 1.807) is 6.92 Å². The van der Waals surface area contributed by atoms with E-state index < -0.39 is 29.7 Å². The van der Waals surface area contributed by atoms with Crippen LogP contribution in [0.15, 0.2) is 15.8 Å². The molecule has 20 heavy (non-hydrogen) atoms. The van der Waals surface area contributed by atoms with Crippen molar-refractivity contribution >= 4 is 6.29 Å². The summed E-state index contributed by atoms with van der Waals surface area (Å²) in [5.74, 6) is 0. The molecular formula is C12H16N2O6. The molecule has 1 fully saturated rings. The Morgan fingerprint density at radius 2 is 2.35 bits per heavy atom. The predicted molar refractivity (Wildman–Crippen MR) is 67.5 cm³/mol. The first kappa shape index (κ1) is 14.6. The van der Waals surface area contributed by atoms with Gasteiger partial charge in [-0.15, -0.1) is 0 Å². The average Bonchev–Trinajstić information content (AvgIpc) is 2.83. The van der Waals surface area contributed by atoms with Crippen LogP contribution in [0.2, 0.25) is 0 Å². The van der Waals surface area contributed by atoms with E-state index in [2.05, 4.69) is 4.98 Å². The van der Waals surface area contributed by atoms with Crippen LogP contribution in [0.5, 0.6) is 0 Å². The van der Waals surface area contributed by atoms with Gasteiger partial charge in [0.15, 0.2) is 0 Å². The largest absolute Gasteiger partial charge is 0.394 e. The highest BCUT2D eigenvalue weighted by Gasteiger charge is 2.37. The lowest BCUT2D eigenvalue weighted by atomic mass is 10.2. The van der Waals surface area contributed by atoms with Crippen LogP contribution in [-0.4, -0.2) is 46.4 Å². The van der Waals surface area contributed by atoms with Gasteiger partial charge >= 0.3 is 5.69 Å². The molecule has 1 unspecified atom stereocenters. The Labute approximate surface area is 114 Å². The molecule has 2 N–H and O–H groups in total. The summed E-state index contributed by atoms with van der Waals surface area (Å²) in [6.07, 6.45) is 0.588. The number of carbonyl (C=O) groups is 1. The fraction of sp³-hybridized carbons (Fsp3) is 0.583. The van der Waals surface area contributed by atoms with Crippen LogP contribution in [0.4, 0.5) is 0 Å². The molecule has 8 nitrogen and oxygen atoms in total. The van der Waals surface area contributed by atoms with Gasteiger partial charge in [0.05, 0.1) is 12.7 Å². The van der Waals surface area contributed by atoms with Crippen LogP contribution in [0, 0.1) is 6.92 Å². The minimum absolute atomic E-state index is 0.100. The minimum Gasteiger partial charge on any atom is -0.394 e. The van der Waals surface area contributed by atoms with Gasteiger partial charge in [-0.3, -0.25) is 14.3 Å². The lowest BCUT2D eigenvalue weighted by Crippen LogP contribution is -2.33. The highest BCUT2D eigenvalue weighted by Crippen LogP contribution is 2.29. The van der Waals surface area contributed by atoms with Crippen molar-refractivity contribution in [3.63, 3.8) is 0 Å². The number of nitrogens with zero attached hydrogens (tertiary/aromatic N) is 1. The number of hydrogen-bond acceptors (Lipinski definition) is 6. The number of ether oxygens (including phenoxy) is 2. The maximum atomic E-state index is 11.8. The topological polar surface area (TPSA) is 111 Å². The number of aldehydes is 1. The van der Waals surface area contributed by atoms with E-state index in [-0.39, 0.29) is 13.2 Å². The van der Waals surface area contributed by atoms with Gasteiger partial charge in [0.1, 0.15) is 25.2 Å². The Bertz CT molecular complexity index is 592. The molecule has 8 heteroatoms. The number of rotatable bonds is 5. The van der Waals surface area contributed by atoms with Gasteiger partial charge in [-0.25, -0.2) is 4.79 Å². The second-order valence-electron chi connectivity index (χ2n) is 4.56. The molecule has 1 aliphatic heterocycles. The van der Waals surface area contributed by atoms with Crippen molar-refractivity contribution in [3.8, 4) is 0 Å². The van der Waals surface area contributed by atoms with E-state index in [4.69, 9.17) is 9.47 Å². The first-order chi connectivity index (χ1) is 9.56. The fourth-order valence-corrected chi connectivity index (χ4v) is 2.17. The molecule has 0 spiro atoms. The first-order valence-electron chi connectivity index (χ1n) is 6.20. The summed E-state index contributed by atoms with van der Waals surface area (Å²) < 4.78 is 12.0. The third-order valence-corrected chi connectivity index (χ3v) is 3.19. The van der Waals surface area contributed by atoms with E-state index in [1.807, 2.05) is 0 Å². The molecule has 1 saturated heterocycles. The Balaban J connectivity index is 2.22. The maximum Gasteiger partial charge on any atom is 0.330 e. The highest BCUT2D eigenvalue weighted by atomic mass is 16.6. The molecule has 0 bridgehead atoms. The van der Waals surface area contributed by atoms with Crippen molar-refractivity contribution in [1.82, 2.24) is 9.55 Å². The zero-order valence-corrected chi connectivity index (χ0v) is 10.9. The Kier molecular flexibility index (Phi) is 4.48. The summed E-state index contributed by atoms with van der Waals surface area (Å²) in [4.78, 5) is 35.6. The third kappa shape index (κ3) is 2.87. The molecular weight excluding hydrogens is 268 g/mol. The number of aryl methyl sites for hydroxylation is 1. The number of aromatic amines is 1. The first-order valence-corrected chi connectivity index (χ1v) is 6.20. The van der Waals surface area contributed by atoms with Gasteiger partial charge in [0.25, 0.3) is 5.56 Å². The van der Waals surface area contributed by atoms with Crippen LogP contribution in [-0.2, 0) is 14.3 Å². The number of aromatic nitrogens is 2. The molecule has 0 amide bonds. The zero-order chi connectivity index (χ0) is 14.7.